The van der Waals surface area contributed by atoms with Gasteiger partial charge in [0.1, 0.15) is 36.8 Å². The molecule has 45 heavy (non-hydrogen) atoms. The number of anilines is 1. The number of aliphatic hydroxyl groups is 1. The van der Waals surface area contributed by atoms with Crippen LogP contribution in [0.15, 0.2) is 17.1 Å². The van der Waals surface area contributed by atoms with Crippen molar-refractivity contribution in [3.8, 4) is 0 Å². The first-order chi connectivity index (χ1) is 21.2. The Morgan fingerprint density at radius 2 is 1.76 bits per heavy atom. The predicted molar refractivity (Wildman–Crippen MR) is 150 cm³/mol. The number of esters is 4. The number of aliphatic hydroxyl groups excluding tert-OH is 1. The summed E-state index contributed by atoms with van der Waals surface area (Å²) in [5.41, 5.74) is 2.27. The topological polar surface area (TPSA) is 252 Å². The number of ether oxygens (including phenoxy) is 6. The van der Waals surface area contributed by atoms with Crippen molar-refractivity contribution < 1.29 is 66.3 Å². The Kier molecular flexibility index (Phi) is 14.0. The normalized spacial score (nSPS) is 21.8. The van der Waals surface area contributed by atoms with Crippen LogP contribution in [0.1, 0.15) is 33.9 Å². The highest BCUT2D eigenvalue weighted by Gasteiger charge is 2.53. The number of nitrogen functional groups attached to an aromatic ring is 1. The third-order valence-electron chi connectivity index (χ3n) is 6.36. The fraction of sp³-hybridized carbons (Fsp3) is 0.680. The third kappa shape index (κ3) is 9.52. The molecule has 2 heterocycles. The van der Waals surface area contributed by atoms with E-state index in [2.05, 4.69) is 14.8 Å². The minimum Gasteiger partial charge on any atom is -0.468 e. The summed E-state index contributed by atoms with van der Waals surface area (Å²) in [6.45, 7) is 2.09. The summed E-state index contributed by atoms with van der Waals surface area (Å²) in [6, 6.07) is -0.00885. The van der Waals surface area contributed by atoms with Crippen LogP contribution in [0.4, 0.5) is 5.82 Å². The third-order valence-corrected chi connectivity index (χ3v) is 8.02. The van der Waals surface area contributed by atoms with Crippen molar-refractivity contribution in [1.82, 2.24) is 14.6 Å². The van der Waals surface area contributed by atoms with Gasteiger partial charge >= 0.3 is 37.3 Å². The molecule has 0 spiro atoms. The van der Waals surface area contributed by atoms with E-state index in [1.54, 1.807) is 0 Å². The molecule has 19 nitrogen and oxygen atoms in total. The van der Waals surface area contributed by atoms with Crippen molar-refractivity contribution in [3.63, 3.8) is 0 Å². The molecule has 1 aromatic rings. The Morgan fingerprint density at radius 3 is 2.27 bits per heavy atom. The molecule has 0 saturated carbocycles. The van der Waals surface area contributed by atoms with Gasteiger partial charge in [-0.1, -0.05) is 0 Å². The molecule has 1 saturated heterocycles. The Balaban J connectivity index is 2.42. The van der Waals surface area contributed by atoms with Crippen molar-refractivity contribution in [3.05, 3.63) is 22.7 Å². The predicted octanol–water partition coefficient (Wildman–Crippen LogP) is -0.933. The molecule has 0 amide bonds. The number of nitrogens with two attached hydrogens (primary N) is 1. The summed E-state index contributed by atoms with van der Waals surface area (Å²) in [5, 5.41) is 13.2. The average Bonchev–Trinajstić information content (AvgIpc) is 3.30. The second-order valence-corrected chi connectivity index (χ2v) is 11.3. The summed E-state index contributed by atoms with van der Waals surface area (Å²) in [5.74, 6) is -4.26. The molecule has 2 rings (SSSR count). The SMILES string of the molecule is CCOC(=O)C(COC(C)=O)(COP(=O)(N[C@@H](C)C(=O)OC)OC[C@H]1O[C@@H](n2ccc(N)nc2=O)[C@H](OC)[C@@H]1O)C(=O)OCC. The first-order valence-corrected chi connectivity index (χ1v) is 15.2. The zero-order valence-corrected chi connectivity index (χ0v) is 26.6. The molecule has 0 aliphatic carbocycles. The number of rotatable bonds is 17. The molecule has 1 fully saturated rings. The van der Waals surface area contributed by atoms with Crippen LogP contribution >= 0.6 is 7.75 Å². The summed E-state index contributed by atoms with van der Waals surface area (Å²) < 4.78 is 56.8. The van der Waals surface area contributed by atoms with Crippen molar-refractivity contribution >= 4 is 37.4 Å². The van der Waals surface area contributed by atoms with Gasteiger partial charge in [0.2, 0.25) is 5.41 Å². The number of carbonyl (C=O) groups excluding carboxylic acids is 4. The summed E-state index contributed by atoms with van der Waals surface area (Å²) >= 11 is 0. The minimum absolute atomic E-state index is 0.0528. The van der Waals surface area contributed by atoms with E-state index in [1.807, 2.05) is 0 Å². The lowest BCUT2D eigenvalue weighted by molar-refractivity contribution is -0.181. The zero-order chi connectivity index (χ0) is 33.9. The molecular formula is C25H39N4O15P. The standard InChI is InChI=1S/C25H39N4O15P/c1-7-39-22(33)25(12-41-15(4)30,23(34)40-8-2)13-43-45(36,28-14(3)21(32)38-6)42-11-16-18(31)19(37-5)20(44-16)29-10-9-17(26)27-24(29)35/h9-10,14,16,18-20,31H,7-8,11-13H2,1-6H3,(H,28,36)(H2,26,27,35)/t14-,16+,18+,19+,20+,45?/m0/s1. The van der Waals surface area contributed by atoms with Gasteiger partial charge in [0.25, 0.3) is 0 Å². The lowest BCUT2D eigenvalue weighted by atomic mass is 9.90. The van der Waals surface area contributed by atoms with E-state index in [-0.39, 0.29) is 19.0 Å². The van der Waals surface area contributed by atoms with E-state index in [0.717, 1.165) is 18.6 Å². The van der Waals surface area contributed by atoms with Crippen LogP contribution in [0.25, 0.3) is 0 Å². The van der Waals surface area contributed by atoms with Gasteiger partial charge in [0.05, 0.1) is 33.5 Å². The molecule has 4 N–H and O–H groups in total. The van der Waals surface area contributed by atoms with Crippen LogP contribution in [-0.4, -0.2) is 110 Å². The average molecular weight is 667 g/mol. The second kappa shape index (κ2) is 16.7. The Bertz CT molecular complexity index is 1290. The van der Waals surface area contributed by atoms with Gasteiger partial charge in [0.15, 0.2) is 6.23 Å². The lowest BCUT2D eigenvalue weighted by Crippen LogP contribution is -2.50. The summed E-state index contributed by atoms with van der Waals surface area (Å²) in [7, 11) is -2.43. The van der Waals surface area contributed by atoms with E-state index in [0.29, 0.717) is 0 Å². The quantitative estimate of drug-likeness (QED) is 0.0785. The molecule has 0 bridgehead atoms. The van der Waals surface area contributed by atoms with Crippen molar-refractivity contribution in [1.29, 1.82) is 0 Å². The molecule has 0 aromatic carbocycles. The van der Waals surface area contributed by atoms with E-state index in [1.165, 1.54) is 40.1 Å². The number of nitrogens with zero attached hydrogens (tertiary/aromatic N) is 2. The maximum atomic E-state index is 14.0. The van der Waals surface area contributed by atoms with Gasteiger partial charge in [-0.05, 0) is 26.8 Å². The molecule has 20 heteroatoms. The summed E-state index contributed by atoms with van der Waals surface area (Å²) in [4.78, 5) is 65.9. The smallest absolute Gasteiger partial charge is 0.406 e. The van der Waals surface area contributed by atoms with E-state index in [4.69, 9.17) is 38.5 Å². The van der Waals surface area contributed by atoms with Gasteiger partial charge in [-0.2, -0.15) is 4.98 Å². The number of hydrogen-bond acceptors (Lipinski definition) is 17. The maximum absolute atomic E-state index is 14.0. The Labute approximate surface area is 258 Å². The van der Waals surface area contributed by atoms with Crippen LogP contribution in [-0.2, 0) is 61.2 Å². The monoisotopic (exact) mass is 666 g/mol. The zero-order valence-electron chi connectivity index (χ0n) is 25.7. The number of nitrogens with one attached hydrogen (secondary N) is 1. The highest BCUT2D eigenvalue weighted by Crippen LogP contribution is 2.47. The van der Waals surface area contributed by atoms with Gasteiger partial charge in [0, 0.05) is 20.2 Å². The molecule has 254 valence electrons. The van der Waals surface area contributed by atoms with E-state index >= 15 is 0 Å². The Hall–Kier alpha value is -3.45. The van der Waals surface area contributed by atoms with Crippen molar-refractivity contribution in [2.75, 3.05) is 53.0 Å². The van der Waals surface area contributed by atoms with Gasteiger partial charge in [-0.15, -0.1) is 0 Å². The molecule has 1 aliphatic rings. The highest BCUT2D eigenvalue weighted by atomic mass is 31.2. The fourth-order valence-electron chi connectivity index (χ4n) is 4.02. The maximum Gasteiger partial charge on any atom is 0.406 e. The van der Waals surface area contributed by atoms with Crippen molar-refractivity contribution in [2.45, 2.75) is 58.3 Å². The molecule has 1 aromatic heterocycles. The number of methoxy groups -OCH3 is 2. The van der Waals surface area contributed by atoms with Gasteiger partial charge in [-0.3, -0.25) is 32.8 Å². The largest absolute Gasteiger partial charge is 0.468 e. The molecular weight excluding hydrogens is 627 g/mol. The fourth-order valence-corrected chi connectivity index (χ4v) is 5.56. The summed E-state index contributed by atoms with van der Waals surface area (Å²) in [6.07, 6.45) is -3.84. The van der Waals surface area contributed by atoms with Crippen LogP contribution in [0.2, 0.25) is 0 Å². The van der Waals surface area contributed by atoms with Gasteiger partial charge < -0.3 is 39.3 Å². The molecule has 1 unspecified atom stereocenters. The first-order valence-electron chi connectivity index (χ1n) is 13.6. The van der Waals surface area contributed by atoms with Crippen LogP contribution in [0.5, 0.6) is 0 Å². The molecule has 6 atom stereocenters. The minimum atomic E-state index is -4.75. The Morgan fingerprint density at radius 1 is 1.13 bits per heavy atom. The second-order valence-electron chi connectivity index (χ2n) is 9.54. The van der Waals surface area contributed by atoms with Gasteiger partial charge in [-0.25, -0.2) is 14.4 Å². The van der Waals surface area contributed by atoms with Crippen molar-refractivity contribution in [2.24, 2.45) is 5.41 Å². The van der Waals surface area contributed by atoms with Crippen LogP contribution in [0.3, 0.4) is 0 Å². The van der Waals surface area contributed by atoms with E-state index < -0.39 is 93.1 Å². The van der Waals surface area contributed by atoms with E-state index in [9.17, 15) is 33.6 Å². The van der Waals surface area contributed by atoms with Crippen LogP contribution < -0.4 is 16.5 Å². The lowest BCUT2D eigenvalue weighted by Gasteiger charge is -2.30. The molecule has 1 aliphatic heterocycles. The number of carbonyl (C=O) groups is 4. The molecule has 0 radical (unpaired) electrons. The first kappa shape index (κ1) is 37.7. The number of aromatic nitrogens is 2. The van der Waals surface area contributed by atoms with Crippen LogP contribution in [0, 0.1) is 5.41 Å². The highest BCUT2D eigenvalue weighted by molar-refractivity contribution is 7.51. The number of hydrogen-bond donors (Lipinski definition) is 3.